The van der Waals surface area contributed by atoms with Gasteiger partial charge in [0.15, 0.2) is 0 Å². The fourth-order valence-corrected chi connectivity index (χ4v) is 4.31. The average Bonchev–Trinajstić information content (AvgIpc) is 3.23. The van der Waals surface area contributed by atoms with Gasteiger partial charge in [0.05, 0.1) is 12.9 Å². The monoisotopic (exact) mass is 502 g/mol. The highest BCUT2D eigenvalue weighted by Gasteiger charge is 2.13. The van der Waals surface area contributed by atoms with E-state index in [-0.39, 0.29) is 0 Å². The number of benzene rings is 3. The summed E-state index contributed by atoms with van der Waals surface area (Å²) in [5, 5.41) is 3.71. The Hall–Kier alpha value is -3.13. The normalized spacial score (nSPS) is 9.69. The molecule has 3 nitrogen and oxygen atoms in total. The Labute approximate surface area is 220 Å². The van der Waals surface area contributed by atoms with Gasteiger partial charge in [0, 0.05) is 33.6 Å². The molecule has 0 saturated carbocycles. The summed E-state index contributed by atoms with van der Waals surface area (Å²) in [7, 11) is 7.01. The highest BCUT2D eigenvalue weighted by atomic mass is 31.0. The molecular formula is C32H43N2OP. The number of allylic oxidation sites excluding steroid dienone is 2. The molecule has 0 fully saturated rings. The van der Waals surface area contributed by atoms with Crippen molar-refractivity contribution in [3.8, 4) is 0 Å². The maximum Gasteiger partial charge on any atom is 0.0853 e. The van der Waals surface area contributed by atoms with E-state index in [1.54, 1.807) is 14.0 Å². The van der Waals surface area contributed by atoms with Gasteiger partial charge in [-0.2, -0.15) is 0 Å². The van der Waals surface area contributed by atoms with Crippen LogP contribution in [0, 0.1) is 6.92 Å². The number of hydrogen-bond donors (Lipinski definition) is 1. The molecule has 0 saturated heterocycles. The number of aryl methyl sites for hydroxylation is 2. The van der Waals surface area contributed by atoms with E-state index in [4.69, 9.17) is 0 Å². The van der Waals surface area contributed by atoms with Gasteiger partial charge >= 0.3 is 0 Å². The predicted molar refractivity (Wildman–Crippen MR) is 166 cm³/mol. The average molecular weight is 503 g/mol. The zero-order chi connectivity index (χ0) is 27.4. The lowest BCUT2D eigenvalue weighted by molar-refractivity contribution is 0.295. The molecule has 4 heteroatoms. The van der Waals surface area contributed by atoms with Gasteiger partial charge in [-0.3, -0.25) is 0 Å². The molecule has 4 aromatic rings. The third kappa shape index (κ3) is 7.20. The van der Waals surface area contributed by atoms with Gasteiger partial charge in [0.1, 0.15) is 0 Å². The molecule has 192 valence electrons. The summed E-state index contributed by atoms with van der Waals surface area (Å²) in [6.45, 7) is 20.7. The van der Waals surface area contributed by atoms with Crippen molar-refractivity contribution >= 4 is 41.5 Å². The van der Waals surface area contributed by atoms with Crippen LogP contribution in [0.1, 0.15) is 56.9 Å². The van der Waals surface area contributed by atoms with Gasteiger partial charge in [-0.1, -0.05) is 69.0 Å². The van der Waals surface area contributed by atoms with Crippen molar-refractivity contribution in [1.29, 1.82) is 0 Å². The van der Waals surface area contributed by atoms with Gasteiger partial charge in [-0.25, -0.2) is 0 Å². The van der Waals surface area contributed by atoms with E-state index in [2.05, 4.69) is 118 Å². The van der Waals surface area contributed by atoms with Gasteiger partial charge in [-0.05, 0) is 81.3 Å². The number of nitrogens with zero attached hydrogens (tertiary/aromatic N) is 1. The summed E-state index contributed by atoms with van der Waals surface area (Å²) in [4.78, 5) is 0. The first-order valence-electron chi connectivity index (χ1n) is 12.4. The zero-order valence-electron chi connectivity index (χ0n) is 23.3. The van der Waals surface area contributed by atoms with Crippen LogP contribution < -0.4 is 5.73 Å². The van der Waals surface area contributed by atoms with Gasteiger partial charge < -0.3 is 15.0 Å². The Balaban J connectivity index is 0.000000634. The van der Waals surface area contributed by atoms with Crippen molar-refractivity contribution in [1.82, 2.24) is 4.57 Å². The van der Waals surface area contributed by atoms with Crippen molar-refractivity contribution in [2.24, 2.45) is 5.73 Å². The number of hydrogen-bond acceptors (Lipinski definition) is 2. The molecule has 4 rings (SSSR count). The minimum absolute atomic E-state index is 0.755. The fourth-order valence-electron chi connectivity index (χ4n) is 3.87. The van der Waals surface area contributed by atoms with Crippen molar-refractivity contribution in [3.63, 3.8) is 0 Å². The SMILES string of the molecule is C=C(C)OC.C=C(C)c1ccc2c(c1)c1cc(C(=P)c3ccccc3C)ccc1n2CC.CC.CN. The number of fused-ring (bicyclic) bond motifs is 3. The number of methoxy groups -OCH3 is 1. The molecule has 0 radical (unpaired) electrons. The molecule has 0 aliphatic heterocycles. The molecule has 2 N–H and O–H groups in total. The van der Waals surface area contributed by atoms with Crippen LogP contribution in [0.15, 0.2) is 79.6 Å². The maximum absolute atomic E-state index is 4.56. The van der Waals surface area contributed by atoms with Crippen molar-refractivity contribution in [3.05, 3.63) is 102 Å². The highest BCUT2D eigenvalue weighted by molar-refractivity contribution is 7.23. The Morgan fingerprint density at radius 2 is 1.36 bits per heavy atom. The maximum atomic E-state index is 4.56. The van der Waals surface area contributed by atoms with Crippen molar-refractivity contribution < 1.29 is 4.74 Å². The van der Waals surface area contributed by atoms with Crippen LogP contribution >= 0.6 is 8.86 Å². The van der Waals surface area contributed by atoms with Gasteiger partial charge in [0.2, 0.25) is 0 Å². The summed E-state index contributed by atoms with van der Waals surface area (Å²) in [6.07, 6.45) is 0. The summed E-state index contributed by atoms with van der Waals surface area (Å²) < 4.78 is 6.94. The largest absolute Gasteiger partial charge is 0.502 e. The van der Waals surface area contributed by atoms with Crippen LogP contribution in [-0.4, -0.2) is 24.0 Å². The molecule has 0 unspecified atom stereocenters. The molecule has 0 amide bonds. The molecule has 0 atom stereocenters. The topological polar surface area (TPSA) is 40.2 Å². The molecule has 1 aromatic heterocycles. The van der Waals surface area contributed by atoms with Crippen LogP contribution in [0.2, 0.25) is 0 Å². The second kappa shape index (κ2) is 15.1. The molecule has 0 spiro atoms. The Bertz CT molecular complexity index is 1330. The minimum Gasteiger partial charge on any atom is -0.502 e. The van der Waals surface area contributed by atoms with E-state index in [0.29, 0.717) is 0 Å². The Morgan fingerprint density at radius 1 is 0.889 bits per heavy atom. The third-order valence-corrected chi connectivity index (χ3v) is 6.28. The summed E-state index contributed by atoms with van der Waals surface area (Å²) in [5.74, 6) is 0.755. The first-order valence-corrected chi connectivity index (χ1v) is 12.9. The van der Waals surface area contributed by atoms with Crippen molar-refractivity contribution in [2.45, 2.75) is 48.1 Å². The Morgan fingerprint density at radius 3 is 1.81 bits per heavy atom. The zero-order valence-corrected chi connectivity index (χ0v) is 24.3. The first-order chi connectivity index (χ1) is 17.3. The lowest BCUT2D eigenvalue weighted by Gasteiger charge is -2.10. The van der Waals surface area contributed by atoms with E-state index in [1.807, 2.05) is 13.8 Å². The summed E-state index contributed by atoms with van der Waals surface area (Å²) in [5.41, 5.74) is 13.0. The van der Waals surface area contributed by atoms with Crippen LogP contribution in [0.4, 0.5) is 0 Å². The number of rotatable bonds is 5. The smallest absolute Gasteiger partial charge is 0.0853 e. The number of ether oxygens (including phenoxy) is 1. The standard InChI is InChI=1S/C25H24NP.C4H8O.C2H6.CH5N/c1-5-26-23-12-10-18(16(2)3)14-21(23)22-15-19(11-13-24(22)26)25(27)20-9-7-6-8-17(20)4;1-4(2)5-3;2*1-2/h6-15,27H,2,5H2,1,3-4H3;1H2,2-3H3;1-2H3;2H2,1H3. The quantitative estimate of drug-likeness (QED) is 0.219. The van der Waals surface area contributed by atoms with E-state index in [0.717, 1.165) is 23.2 Å². The predicted octanol–water partition coefficient (Wildman–Crippen LogP) is 8.64. The van der Waals surface area contributed by atoms with E-state index >= 15 is 0 Å². The highest BCUT2D eigenvalue weighted by Crippen LogP contribution is 2.32. The Kier molecular flexibility index (Phi) is 12.9. The first kappa shape index (κ1) is 30.9. The van der Waals surface area contributed by atoms with Crippen LogP contribution in [0.25, 0.3) is 27.4 Å². The van der Waals surface area contributed by atoms with Crippen LogP contribution in [0.5, 0.6) is 0 Å². The second-order valence-electron chi connectivity index (χ2n) is 8.08. The summed E-state index contributed by atoms with van der Waals surface area (Å²) >= 11 is 0. The molecule has 0 bridgehead atoms. The van der Waals surface area contributed by atoms with E-state index < -0.39 is 0 Å². The molecular weight excluding hydrogens is 459 g/mol. The van der Waals surface area contributed by atoms with Gasteiger partial charge in [-0.15, -0.1) is 8.86 Å². The molecule has 3 aromatic carbocycles. The molecule has 0 aliphatic rings. The summed E-state index contributed by atoms with van der Waals surface area (Å²) in [6, 6.07) is 21.9. The van der Waals surface area contributed by atoms with Crippen molar-refractivity contribution in [2.75, 3.05) is 14.2 Å². The molecule has 36 heavy (non-hydrogen) atoms. The lowest BCUT2D eigenvalue weighted by atomic mass is 9.98. The number of aromatic nitrogens is 1. The van der Waals surface area contributed by atoms with Crippen LogP contribution in [0.3, 0.4) is 0 Å². The second-order valence-corrected chi connectivity index (χ2v) is 8.58. The third-order valence-electron chi connectivity index (χ3n) is 5.73. The molecule has 1 heterocycles. The van der Waals surface area contributed by atoms with Crippen LogP contribution in [-0.2, 0) is 11.3 Å². The fraction of sp³-hybridized carbons (Fsp3) is 0.281. The van der Waals surface area contributed by atoms with E-state index in [9.17, 15) is 0 Å². The van der Waals surface area contributed by atoms with E-state index in [1.165, 1.54) is 51.1 Å². The minimum atomic E-state index is 0.755. The van der Waals surface area contributed by atoms with Gasteiger partial charge in [0.25, 0.3) is 0 Å². The molecule has 0 aliphatic carbocycles. The number of nitrogens with two attached hydrogens (primary N) is 1. The lowest BCUT2D eigenvalue weighted by Crippen LogP contribution is -2.01.